The molecular formula is C35H40FN9O2. The number of halogens is 1. The molecule has 0 radical (unpaired) electrons. The molecule has 4 heterocycles. The lowest BCUT2D eigenvalue weighted by Crippen LogP contribution is -2.60. The Morgan fingerprint density at radius 3 is 2.68 bits per heavy atom. The fourth-order valence-corrected chi connectivity index (χ4v) is 6.73. The van der Waals surface area contributed by atoms with Gasteiger partial charge < -0.3 is 20.7 Å². The molecule has 11 nitrogen and oxygen atoms in total. The van der Waals surface area contributed by atoms with E-state index in [2.05, 4.69) is 40.1 Å². The summed E-state index contributed by atoms with van der Waals surface area (Å²) in [5.41, 5.74) is 6.93. The Kier molecular flexibility index (Phi) is 8.94. The fraction of sp³-hybridized carbons (Fsp3) is 0.400. The van der Waals surface area contributed by atoms with Crippen LogP contribution in [0.25, 0.3) is 22.3 Å². The number of hydrogen-bond acceptors (Lipinski definition) is 9. The number of ether oxygens (including phenoxy) is 1. The van der Waals surface area contributed by atoms with Gasteiger partial charge in [-0.3, -0.25) is 9.69 Å². The maximum atomic E-state index is 15.7. The standard InChI is InChI=1S/C35H40FN9O2/c1-22-19-44(23(2)18-39-22)35(3,4)16-24(17-37)34(46)43-14-8-9-25(20-43)45-33-30(32(38)40-21-41-33)31(42-45)28-13-12-27(15-29(28)36)47-26-10-6-5-7-11-26/h5-7,10-13,15-16,21-23,25,39H,8-9,14,18-20H2,1-4H3,(H2,38,40,41)/b24-16-/t22-,23+,25+/m1/s1. The predicted molar refractivity (Wildman–Crippen MR) is 178 cm³/mol. The number of aromatic nitrogens is 4. The highest BCUT2D eigenvalue weighted by atomic mass is 19.1. The second kappa shape index (κ2) is 13.1. The van der Waals surface area contributed by atoms with Gasteiger partial charge in [0.1, 0.15) is 46.8 Å². The molecule has 4 aromatic rings. The van der Waals surface area contributed by atoms with E-state index in [9.17, 15) is 10.1 Å². The molecule has 2 aromatic heterocycles. The summed E-state index contributed by atoms with van der Waals surface area (Å²) in [7, 11) is 0. The average molecular weight is 638 g/mol. The quantitative estimate of drug-likeness (QED) is 0.210. The van der Waals surface area contributed by atoms with E-state index in [-0.39, 0.29) is 34.9 Å². The van der Waals surface area contributed by atoms with Crippen LogP contribution >= 0.6 is 0 Å². The normalized spacial score (nSPS) is 21.1. The van der Waals surface area contributed by atoms with Crippen LogP contribution in [0.2, 0.25) is 0 Å². The lowest BCUT2D eigenvalue weighted by atomic mass is 9.94. The molecule has 2 saturated heterocycles. The molecule has 6 rings (SSSR count). The van der Waals surface area contributed by atoms with Crippen LogP contribution in [0.4, 0.5) is 10.2 Å². The third-order valence-corrected chi connectivity index (χ3v) is 9.08. The molecule has 0 aliphatic carbocycles. The van der Waals surface area contributed by atoms with Gasteiger partial charge in [0.2, 0.25) is 0 Å². The molecule has 3 atom stereocenters. The molecule has 2 aliphatic rings. The molecular weight excluding hydrogens is 597 g/mol. The van der Waals surface area contributed by atoms with Crippen LogP contribution in [0.15, 0.2) is 66.5 Å². The molecule has 244 valence electrons. The number of amides is 1. The molecule has 2 fully saturated rings. The highest BCUT2D eigenvalue weighted by Gasteiger charge is 2.36. The predicted octanol–water partition coefficient (Wildman–Crippen LogP) is 5.08. The minimum absolute atomic E-state index is 0.117. The molecule has 0 saturated carbocycles. The second-order valence-corrected chi connectivity index (χ2v) is 13.0. The third kappa shape index (κ3) is 6.54. The zero-order valence-corrected chi connectivity index (χ0v) is 27.2. The van der Waals surface area contributed by atoms with Gasteiger partial charge in [-0.1, -0.05) is 18.2 Å². The lowest BCUT2D eigenvalue weighted by Gasteiger charge is -2.46. The molecule has 12 heteroatoms. The van der Waals surface area contributed by atoms with Crippen molar-refractivity contribution in [2.24, 2.45) is 0 Å². The van der Waals surface area contributed by atoms with Crippen LogP contribution in [-0.4, -0.2) is 79.3 Å². The van der Waals surface area contributed by atoms with Crippen molar-refractivity contribution in [2.75, 3.05) is 31.9 Å². The Labute approximate surface area is 273 Å². The molecule has 47 heavy (non-hydrogen) atoms. The van der Waals surface area contributed by atoms with Crippen molar-refractivity contribution in [3.05, 3.63) is 72.3 Å². The van der Waals surface area contributed by atoms with Crippen molar-refractivity contribution in [3.8, 4) is 28.8 Å². The van der Waals surface area contributed by atoms with Crippen molar-refractivity contribution < 1.29 is 13.9 Å². The number of nitriles is 1. The SMILES string of the molecule is C[C@@H]1CN(C(C)(C)/C=C(/C#N)C(=O)N2CCC[C@H](n3nc(-c4ccc(Oc5ccccc5)cc4F)c4c(N)ncnc43)C2)[C@@H](C)CN1. The average Bonchev–Trinajstić information content (AvgIpc) is 3.45. The van der Waals surface area contributed by atoms with E-state index < -0.39 is 11.4 Å². The zero-order valence-electron chi connectivity index (χ0n) is 27.2. The number of nitrogens with two attached hydrogens (primary N) is 1. The molecule has 0 spiro atoms. The van der Waals surface area contributed by atoms with Crippen LogP contribution in [-0.2, 0) is 4.79 Å². The first kappa shape index (κ1) is 32.1. The number of nitrogens with zero attached hydrogens (tertiary/aromatic N) is 7. The number of likely N-dealkylation sites (tertiary alicyclic amines) is 1. The minimum atomic E-state index is -0.534. The second-order valence-electron chi connectivity index (χ2n) is 13.0. The number of nitrogens with one attached hydrogen (secondary N) is 1. The highest BCUT2D eigenvalue weighted by Crippen LogP contribution is 2.36. The number of carbonyl (C=O) groups is 1. The Bertz CT molecular complexity index is 1850. The van der Waals surface area contributed by atoms with E-state index >= 15 is 4.39 Å². The minimum Gasteiger partial charge on any atom is -0.457 e. The number of rotatable bonds is 7. The van der Waals surface area contributed by atoms with E-state index in [1.807, 2.05) is 32.0 Å². The Balaban J connectivity index is 1.28. The number of hydrogen-bond donors (Lipinski definition) is 2. The summed E-state index contributed by atoms with van der Waals surface area (Å²) in [6.07, 6.45) is 4.57. The largest absolute Gasteiger partial charge is 0.457 e. The summed E-state index contributed by atoms with van der Waals surface area (Å²) >= 11 is 0. The number of piperidine rings is 1. The number of benzene rings is 2. The third-order valence-electron chi connectivity index (χ3n) is 9.08. The molecule has 0 bridgehead atoms. The Hall–Kier alpha value is -4.86. The summed E-state index contributed by atoms with van der Waals surface area (Å²) in [6, 6.07) is 16.2. The number of nitrogen functional groups attached to an aromatic ring is 1. The van der Waals surface area contributed by atoms with Gasteiger partial charge in [0.25, 0.3) is 5.91 Å². The summed E-state index contributed by atoms with van der Waals surface area (Å²) in [6.45, 7) is 10.9. The summed E-state index contributed by atoms with van der Waals surface area (Å²) < 4.78 is 23.2. The highest BCUT2D eigenvalue weighted by molar-refractivity contribution is 5.99. The first-order valence-corrected chi connectivity index (χ1v) is 16.0. The monoisotopic (exact) mass is 637 g/mol. The van der Waals surface area contributed by atoms with Gasteiger partial charge >= 0.3 is 0 Å². The zero-order chi connectivity index (χ0) is 33.3. The first-order valence-electron chi connectivity index (χ1n) is 16.0. The summed E-state index contributed by atoms with van der Waals surface area (Å²) in [4.78, 5) is 26.5. The van der Waals surface area contributed by atoms with Crippen LogP contribution in [0.5, 0.6) is 11.5 Å². The smallest absolute Gasteiger partial charge is 0.264 e. The van der Waals surface area contributed by atoms with Gasteiger partial charge in [-0.15, -0.1) is 0 Å². The molecule has 0 unspecified atom stereocenters. The van der Waals surface area contributed by atoms with Crippen LogP contribution in [0, 0.1) is 17.1 Å². The number of piperazine rings is 1. The van der Waals surface area contributed by atoms with Crippen LogP contribution in [0.1, 0.15) is 46.6 Å². The maximum absolute atomic E-state index is 15.7. The van der Waals surface area contributed by atoms with E-state index in [0.717, 1.165) is 13.1 Å². The maximum Gasteiger partial charge on any atom is 0.264 e. The van der Waals surface area contributed by atoms with Crippen molar-refractivity contribution in [2.45, 2.75) is 64.2 Å². The van der Waals surface area contributed by atoms with Gasteiger partial charge in [-0.05, 0) is 70.9 Å². The van der Waals surface area contributed by atoms with E-state index in [1.165, 1.54) is 12.4 Å². The number of fused-ring (bicyclic) bond motifs is 1. The van der Waals surface area contributed by atoms with Crippen molar-refractivity contribution in [3.63, 3.8) is 0 Å². The topological polar surface area (TPSA) is 138 Å². The van der Waals surface area contributed by atoms with Crippen LogP contribution < -0.4 is 15.8 Å². The fourth-order valence-electron chi connectivity index (χ4n) is 6.73. The molecule has 2 aliphatic heterocycles. The van der Waals surface area contributed by atoms with E-state index in [0.29, 0.717) is 60.2 Å². The van der Waals surface area contributed by atoms with Gasteiger partial charge in [-0.25, -0.2) is 19.0 Å². The number of carbonyl (C=O) groups excluding carboxylic acids is 1. The Morgan fingerprint density at radius 1 is 1.15 bits per heavy atom. The van der Waals surface area contributed by atoms with Crippen LogP contribution in [0.3, 0.4) is 0 Å². The molecule has 2 aromatic carbocycles. The van der Waals surface area contributed by atoms with Gasteiger partial charge in [0, 0.05) is 55.4 Å². The Morgan fingerprint density at radius 2 is 1.94 bits per heavy atom. The summed E-state index contributed by atoms with van der Waals surface area (Å²) in [5.74, 6) is 0.268. The molecule has 1 amide bonds. The van der Waals surface area contributed by atoms with Crippen molar-refractivity contribution in [1.29, 1.82) is 5.26 Å². The van der Waals surface area contributed by atoms with Gasteiger partial charge in [0.05, 0.1) is 11.4 Å². The van der Waals surface area contributed by atoms with Crippen molar-refractivity contribution >= 4 is 22.8 Å². The number of anilines is 1. The van der Waals surface area contributed by atoms with E-state index in [4.69, 9.17) is 15.6 Å². The number of para-hydroxylation sites is 1. The van der Waals surface area contributed by atoms with Gasteiger partial charge in [-0.2, -0.15) is 10.4 Å². The van der Waals surface area contributed by atoms with Gasteiger partial charge in [0.15, 0.2) is 5.65 Å². The van der Waals surface area contributed by atoms with Crippen molar-refractivity contribution in [1.82, 2.24) is 34.9 Å². The first-order chi connectivity index (χ1) is 22.6. The lowest BCUT2D eigenvalue weighted by molar-refractivity contribution is -0.128. The summed E-state index contributed by atoms with van der Waals surface area (Å²) in [5, 5.41) is 18.9. The molecule has 3 N–H and O–H groups in total. The van der Waals surface area contributed by atoms with E-state index in [1.54, 1.807) is 39.9 Å².